The Balaban J connectivity index is 1.73. The molecule has 0 radical (unpaired) electrons. The zero-order valence-corrected chi connectivity index (χ0v) is 8.36. The molecule has 0 bridgehead atoms. The molecular weight excluding hydrogens is 178 g/mol. The number of rotatable bonds is 4. The van der Waals surface area contributed by atoms with Crippen LogP contribution in [0.5, 0.6) is 0 Å². The molecule has 1 aliphatic rings. The van der Waals surface area contributed by atoms with Crippen LogP contribution in [0.15, 0.2) is 18.7 Å². The van der Waals surface area contributed by atoms with Crippen LogP contribution >= 0.6 is 0 Å². The van der Waals surface area contributed by atoms with Crippen LogP contribution in [0.1, 0.15) is 12.5 Å². The molecule has 4 nitrogen and oxygen atoms in total. The SMILES string of the molecule is CC1(CNCc2cncnc2)COC1. The fourth-order valence-corrected chi connectivity index (χ4v) is 1.48. The molecule has 0 saturated carbocycles. The molecule has 0 aliphatic carbocycles. The summed E-state index contributed by atoms with van der Waals surface area (Å²) in [5.41, 5.74) is 1.45. The van der Waals surface area contributed by atoms with Crippen LogP contribution in [0.4, 0.5) is 0 Å². The quantitative estimate of drug-likeness (QED) is 0.760. The molecule has 0 amide bonds. The summed E-state index contributed by atoms with van der Waals surface area (Å²) in [4.78, 5) is 7.92. The number of nitrogens with one attached hydrogen (secondary N) is 1. The Hall–Kier alpha value is -1.00. The summed E-state index contributed by atoms with van der Waals surface area (Å²) in [5, 5.41) is 3.38. The second-order valence-corrected chi connectivity index (χ2v) is 4.15. The van der Waals surface area contributed by atoms with Crippen molar-refractivity contribution in [2.24, 2.45) is 5.41 Å². The van der Waals surface area contributed by atoms with Gasteiger partial charge in [-0.3, -0.25) is 0 Å². The van der Waals surface area contributed by atoms with Gasteiger partial charge < -0.3 is 10.1 Å². The lowest BCUT2D eigenvalue weighted by atomic mass is 9.89. The molecule has 0 atom stereocenters. The lowest BCUT2D eigenvalue weighted by Crippen LogP contribution is -2.47. The second-order valence-electron chi connectivity index (χ2n) is 4.15. The molecule has 1 N–H and O–H groups in total. The van der Waals surface area contributed by atoms with Crippen molar-refractivity contribution in [3.05, 3.63) is 24.3 Å². The molecule has 4 heteroatoms. The standard InChI is InChI=1S/C10H15N3O/c1-10(6-14-7-10)5-11-2-9-3-12-8-13-4-9/h3-4,8,11H,2,5-7H2,1H3. The molecule has 14 heavy (non-hydrogen) atoms. The minimum atomic E-state index is 0.329. The molecule has 2 rings (SSSR count). The Morgan fingerprint density at radius 1 is 1.43 bits per heavy atom. The maximum absolute atomic E-state index is 5.18. The highest BCUT2D eigenvalue weighted by Gasteiger charge is 2.32. The van der Waals surface area contributed by atoms with Crippen LogP contribution in [0.25, 0.3) is 0 Å². The van der Waals surface area contributed by atoms with Gasteiger partial charge in [0.15, 0.2) is 0 Å². The van der Waals surface area contributed by atoms with E-state index >= 15 is 0 Å². The van der Waals surface area contributed by atoms with Crippen molar-refractivity contribution in [1.29, 1.82) is 0 Å². The first kappa shape index (κ1) is 9.55. The molecule has 0 aromatic carbocycles. The van der Waals surface area contributed by atoms with Crippen molar-refractivity contribution in [2.75, 3.05) is 19.8 Å². The zero-order valence-electron chi connectivity index (χ0n) is 8.36. The fourth-order valence-electron chi connectivity index (χ4n) is 1.48. The van der Waals surface area contributed by atoms with Gasteiger partial charge in [-0.2, -0.15) is 0 Å². The fraction of sp³-hybridized carbons (Fsp3) is 0.600. The minimum absolute atomic E-state index is 0.329. The van der Waals surface area contributed by atoms with Gasteiger partial charge in [-0.25, -0.2) is 9.97 Å². The van der Waals surface area contributed by atoms with Crippen molar-refractivity contribution >= 4 is 0 Å². The van der Waals surface area contributed by atoms with Gasteiger partial charge >= 0.3 is 0 Å². The van der Waals surface area contributed by atoms with Gasteiger partial charge in [-0.05, 0) is 0 Å². The summed E-state index contributed by atoms with van der Waals surface area (Å²) in [5.74, 6) is 0. The maximum Gasteiger partial charge on any atom is 0.115 e. The molecular formula is C10H15N3O. The van der Waals surface area contributed by atoms with Gasteiger partial charge in [-0.1, -0.05) is 6.92 Å². The van der Waals surface area contributed by atoms with Crippen molar-refractivity contribution in [1.82, 2.24) is 15.3 Å². The first-order chi connectivity index (χ1) is 6.79. The van der Waals surface area contributed by atoms with Crippen LogP contribution in [0.2, 0.25) is 0 Å². The van der Waals surface area contributed by atoms with Gasteiger partial charge in [-0.15, -0.1) is 0 Å². The monoisotopic (exact) mass is 193 g/mol. The van der Waals surface area contributed by atoms with Gasteiger partial charge in [0.1, 0.15) is 6.33 Å². The average Bonchev–Trinajstić information content (AvgIpc) is 2.17. The third kappa shape index (κ3) is 2.27. The van der Waals surface area contributed by atoms with Gasteiger partial charge in [0.25, 0.3) is 0 Å². The number of hydrogen-bond donors (Lipinski definition) is 1. The van der Waals surface area contributed by atoms with Gasteiger partial charge in [0.2, 0.25) is 0 Å². The summed E-state index contributed by atoms with van der Waals surface area (Å²) in [6.45, 7) is 5.78. The van der Waals surface area contributed by atoms with Crippen molar-refractivity contribution < 1.29 is 4.74 Å². The molecule has 1 aliphatic heterocycles. The van der Waals surface area contributed by atoms with E-state index in [4.69, 9.17) is 4.74 Å². The Morgan fingerprint density at radius 2 is 2.14 bits per heavy atom. The Labute approximate surface area is 83.7 Å². The van der Waals surface area contributed by atoms with Crippen molar-refractivity contribution in [2.45, 2.75) is 13.5 Å². The third-order valence-corrected chi connectivity index (χ3v) is 2.40. The molecule has 76 valence electrons. The van der Waals surface area contributed by atoms with E-state index in [1.807, 2.05) is 12.4 Å². The summed E-state index contributed by atoms with van der Waals surface area (Å²) in [6, 6.07) is 0. The van der Waals surface area contributed by atoms with Crippen LogP contribution < -0.4 is 5.32 Å². The Bertz CT molecular complexity index is 285. The number of aromatic nitrogens is 2. The topological polar surface area (TPSA) is 47.0 Å². The summed E-state index contributed by atoms with van der Waals surface area (Å²) >= 11 is 0. The Kier molecular flexibility index (Phi) is 2.74. The highest BCUT2D eigenvalue weighted by Crippen LogP contribution is 2.25. The number of ether oxygens (including phenoxy) is 1. The number of nitrogens with zero attached hydrogens (tertiary/aromatic N) is 2. The highest BCUT2D eigenvalue weighted by atomic mass is 16.5. The third-order valence-electron chi connectivity index (χ3n) is 2.40. The molecule has 0 spiro atoms. The lowest BCUT2D eigenvalue weighted by Gasteiger charge is -2.38. The van der Waals surface area contributed by atoms with Gasteiger partial charge in [0.05, 0.1) is 13.2 Å². The normalized spacial score (nSPS) is 18.9. The molecule has 1 saturated heterocycles. The van der Waals surface area contributed by atoms with E-state index < -0.39 is 0 Å². The molecule has 1 aromatic heterocycles. The summed E-state index contributed by atoms with van der Waals surface area (Å²) in [7, 11) is 0. The van der Waals surface area contributed by atoms with Crippen molar-refractivity contribution in [3.63, 3.8) is 0 Å². The van der Waals surface area contributed by atoms with E-state index in [1.54, 1.807) is 6.33 Å². The molecule has 1 fully saturated rings. The maximum atomic E-state index is 5.18. The van der Waals surface area contributed by atoms with E-state index in [0.717, 1.165) is 31.9 Å². The van der Waals surface area contributed by atoms with E-state index in [1.165, 1.54) is 0 Å². The van der Waals surface area contributed by atoms with Crippen LogP contribution in [-0.2, 0) is 11.3 Å². The second kappa shape index (κ2) is 4.02. The first-order valence-electron chi connectivity index (χ1n) is 4.81. The van der Waals surface area contributed by atoms with E-state index in [0.29, 0.717) is 5.41 Å². The van der Waals surface area contributed by atoms with Crippen LogP contribution in [-0.4, -0.2) is 29.7 Å². The smallest absolute Gasteiger partial charge is 0.115 e. The highest BCUT2D eigenvalue weighted by molar-refractivity contribution is 5.01. The van der Waals surface area contributed by atoms with Gasteiger partial charge in [0, 0.05) is 36.5 Å². The predicted octanol–water partition coefficient (Wildman–Crippen LogP) is 0.603. The van der Waals surface area contributed by atoms with E-state index in [9.17, 15) is 0 Å². The molecule has 0 unspecified atom stereocenters. The van der Waals surface area contributed by atoms with Crippen molar-refractivity contribution in [3.8, 4) is 0 Å². The first-order valence-corrected chi connectivity index (χ1v) is 4.81. The summed E-state index contributed by atoms with van der Waals surface area (Å²) < 4.78 is 5.18. The van der Waals surface area contributed by atoms with Crippen LogP contribution in [0, 0.1) is 5.41 Å². The minimum Gasteiger partial charge on any atom is -0.380 e. The van der Waals surface area contributed by atoms with Crippen LogP contribution in [0.3, 0.4) is 0 Å². The Morgan fingerprint density at radius 3 is 2.71 bits per heavy atom. The zero-order chi connectivity index (χ0) is 9.86. The lowest BCUT2D eigenvalue weighted by molar-refractivity contribution is -0.0991. The van der Waals surface area contributed by atoms with E-state index in [-0.39, 0.29) is 0 Å². The van der Waals surface area contributed by atoms with E-state index in [2.05, 4.69) is 22.2 Å². The predicted molar refractivity (Wildman–Crippen MR) is 52.7 cm³/mol. The molecule has 2 heterocycles. The number of hydrogen-bond acceptors (Lipinski definition) is 4. The average molecular weight is 193 g/mol. The summed E-state index contributed by atoms with van der Waals surface area (Å²) in [6.07, 6.45) is 5.21. The molecule has 1 aromatic rings. The largest absolute Gasteiger partial charge is 0.380 e.